The van der Waals surface area contributed by atoms with Crippen LogP contribution in [-0.4, -0.2) is 33.0 Å². The van der Waals surface area contributed by atoms with Crippen molar-refractivity contribution in [2.45, 2.75) is 44.3 Å². The zero-order valence-corrected chi connectivity index (χ0v) is 12.2. The van der Waals surface area contributed by atoms with Gasteiger partial charge in [-0.1, -0.05) is 30.5 Å². The van der Waals surface area contributed by atoms with Gasteiger partial charge in [0.15, 0.2) is 5.03 Å². The lowest BCUT2D eigenvalue weighted by molar-refractivity contribution is -0.485. The average molecular weight is 310 g/mol. The second-order valence-corrected chi connectivity index (χ2v) is 5.77. The molecule has 1 aromatic rings. The molecule has 7 nitrogen and oxygen atoms in total. The largest absolute Gasteiger partial charge is 0.346 e. The van der Waals surface area contributed by atoms with E-state index in [-0.39, 0.29) is 12.1 Å². The van der Waals surface area contributed by atoms with Gasteiger partial charge in [0.05, 0.1) is 6.04 Å². The molecule has 1 N–H and O–H groups in total. The van der Waals surface area contributed by atoms with Crippen LogP contribution in [0, 0.1) is 10.1 Å². The molecule has 1 saturated heterocycles. The Balaban J connectivity index is 1.84. The number of nitrogens with one attached hydrogen (secondary N) is 1. The number of aromatic nitrogens is 1. The van der Waals surface area contributed by atoms with Crippen molar-refractivity contribution in [1.82, 2.24) is 15.2 Å². The van der Waals surface area contributed by atoms with Crippen molar-refractivity contribution >= 4 is 17.6 Å². The molecule has 112 valence electrons. The molecule has 21 heavy (non-hydrogen) atoms. The lowest BCUT2D eigenvalue weighted by atomic mass is 9.91. The highest BCUT2D eigenvalue weighted by molar-refractivity contribution is 6.29. The first-order valence-corrected chi connectivity index (χ1v) is 7.38. The Morgan fingerprint density at radius 2 is 2.29 bits per heavy atom. The monoisotopic (exact) mass is 309 g/mol. The number of hydrogen-bond acceptors (Lipinski definition) is 3. The SMILES string of the molecule is O=[N+]([O-])/N=C1\N[C@@H]2CCCC[C@H]2N1Cc1ccc(Cl)nc1. The van der Waals surface area contributed by atoms with Crippen molar-refractivity contribution in [1.29, 1.82) is 0 Å². The third-order valence-corrected chi connectivity index (χ3v) is 4.26. The van der Waals surface area contributed by atoms with Crippen molar-refractivity contribution in [3.8, 4) is 0 Å². The number of rotatable bonds is 3. The van der Waals surface area contributed by atoms with Crippen LogP contribution in [0.25, 0.3) is 0 Å². The van der Waals surface area contributed by atoms with E-state index >= 15 is 0 Å². The minimum atomic E-state index is -0.646. The second kappa shape index (κ2) is 5.85. The Morgan fingerprint density at radius 1 is 1.48 bits per heavy atom. The molecular formula is C13H16ClN5O2. The fraction of sp³-hybridized carbons (Fsp3) is 0.538. The van der Waals surface area contributed by atoms with Crippen LogP contribution in [-0.2, 0) is 6.54 Å². The lowest BCUT2D eigenvalue weighted by Crippen LogP contribution is -2.38. The minimum Gasteiger partial charge on any atom is -0.346 e. The zero-order valence-electron chi connectivity index (χ0n) is 11.4. The predicted molar refractivity (Wildman–Crippen MR) is 78.4 cm³/mol. The molecule has 1 saturated carbocycles. The molecule has 1 aromatic heterocycles. The van der Waals surface area contributed by atoms with Gasteiger partial charge in [-0.05, 0) is 24.5 Å². The van der Waals surface area contributed by atoms with E-state index < -0.39 is 5.03 Å². The Labute approximate surface area is 127 Å². The molecule has 2 atom stereocenters. The van der Waals surface area contributed by atoms with Gasteiger partial charge in [0, 0.05) is 18.8 Å². The molecule has 0 aromatic carbocycles. The van der Waals surface area contributed by atoms with Crippen molar-refractivity contribution in [3.63, 3.8) is 0 Å². The van der Waals surface area contributed by atoms with E-state index in [1.165, 1.54) is 0 Å². The van der Waals surface area contributed by atoms with Crippen LogP contribution in [0.3, 0.4) is 0 Å². The molecule has 2 aliphatic rings. The number of nitrogens with zero attached hydrogens (tertiary/aromatic N) is 4. The minimum absolute atomic E-state index is 0.248. The van der Waals surface area contributed by atoms with Gasteiger partial charge in [-0.25, -0.2) is 15.1 Å². The van der Waals surface area contributed by atoms with E-state index in [1.54, 1.807) is 12.3 Å². The molecule has 0 spiro atoms. The van der Waals surface area contributed by atoms with Crippen molar-refractivity contribution in [3.05, 3.63) is 39.2 Å². The molecule has 0 unspecified atom stereocenters. The van der Waals surface area contributed by atoms with Gasteiger partial charge in [0.2, 0.25) is 0 Å². The van der Waals surface area contributed by atoms with Crippen molar-refractivity contribution in [2.24, 2.45) is 5.10 Å². The number of hydrogen-bond donors (Lipinski definition) is 1. The summed E-state index contributed by atoms with van der Waals surface area (Å²) in [4.78, 5) is 16.8. The summed E-state index contributed by atoms with van der Waals surface area (Å²) in [5.41, 5.74) is 0.962. The van der Waals surface area contributed by atoms with Gasteiger partial charge in [-0.15, -0.1) is 0 Å². The summed E-state index contributed by atoms with van der Waals surface area (Å²) < 4.78 is 0. The zero-order chi connectivity index (χ0) is 14.8. The molecule has 2 fully saturated rings. The Kier molecular flexibility index (Phi) is 3.92. The van der Waals surface area contributed by atoms with Crippen LogP contribution in [0.2, 0.25) is 5.15 Å². The molecule has 0 bridgehead atoms. The van der Waals surface area contributed by atoms with Gasteiger partial charge in [-0.3, -0.25) is 0 Å². The normalized spacial score (nSPS) is 26.5. The Hall–Kier alpha value is -1.89. The molecular weight excluding hydrogens is 294 g/mol. The highest BCUT2D eigenvalue weighted by atomic mass is 35.5. The van der Waals surface area contributed by atoms with Gasteiger partial charge in [0.1, 0.15) is 10.3 Å². The summed E-state index contributed by atoms with van der Waals surface area (Å²) in [6.45, 7) is 0.547. The van der Waals surface area contributed by atoms with Crippen LogP contribution in [0.15, 0.2) is 23.4 Å². The number of fused-ring (bicyclic) bond motifs is 1. The maximum atomic E-state index is 10.7. The number of halogens is 1. The third-order valence-electron chi connectivity index (χ3n) is 4.03. The van der Waals surface area contributed by atoms with Gasteiger partial charge in [-0.2, -0.15) is 0 Å². The first-order chi connectivity index (χ1) is 10.1. The lowest BCUT2D eigenvalue weighted by Gasteiger charge is -2.30. The molecule has 1 aliphatic carbocycles. The van der Waals surface area contributed by atoms with Crippen molar-refractivity contribution < 1.29 is 5.03 Å². The molecule has 0 radical (unpaired) electrons. The van der Waals surface area contributed by atoms with E-state index in [0.717, 1.165) is 31.2 Å². The quantitative estimate of drug-likeness (QED) is 0.524. The van der Waals surface area contributed by atoms with E-state index in [4.69, 9.17) is 11.6 Å². The first kappa shape index (κ1) is 14.1. The summed E-state index contributed by atoms with van der Waals surface area (Å²) in [7, 11) is 0. The van der Waals surface area contributed by atoms with Gasteiger partial charge >= 0.3 is 0 Å². The van der Waals surface area contributed by atoms with Crippen LogP contribution >= 0.6 is 11.6 Å². The predicted octanol–water partition coefficient (Wildman–Crippen LogP) is 2.00. The fourth-order valence-corrected chi connectivity index (χ4v) is 3.22. The first-order valence-electron chi connectivity index (χ1n) is 7.00. The molecule has 8 heteroatoms. The van der Waals surface area contributed by atoms with E-state index in [2.05, 4.69) is 15.4 Å². The Bertz CT molecular complexity index is 562. The topological polar surface area (TPSA) is 83.7 Å². The van der Waals surface area contributed by atoms with Crippen LogP contribution in [0.1, 0.15) is 31.2 Å². The van der Waals surface area contributed by atoms with Crippen LogP contribution in [0.4, 0.5) is 0 Å². The molecule has 2 heterocycles. The van der Waals surface area contributed by atoms with E-state index in [9.17, 15) is 10.1 Å². The van der Waals surface area contributed by atoms with Crippen LogP contribution in [0.5, 0.6) is 0 Å². The van der Waals surface area contributed by atoms with Gasteiger partial charge < -0.3 is 10.2 Å². The smallest absolute Gasteiger partial charge is 0.272 e. The highest BCUT2D eigenvalue weighted by Gasteiger charge is 2.40. The molecule has 3 rings (SSSR count). The summed E-state index contributed by atoms with van der Waals surface area (Å²) in [6.07, 6.45) is 6.04. The van der Waals surface area contributed by atoms with Crippen molar-refractivity contribution in [2.75, 3.05) is 0 Å². The summed E-state index contributed by atoms with van der Waals surface area (Å²) in [6, 6.07) is 4.11. The molecule has 0 amide bonds. The van der Waals surface area contributed by atoms with Crippen LogP contribution < -0.4 is 5.32 Å². The standard InChI is InChI=1S/C13H16ClN5O2/c14-12-6-5-9(7-15-12)8-18-11-4-2-1-3-10(11)16-13(18)17-19(20)21/h5-7,10-11H,1-4,8H2,(H,16,17)/t10-,11-/m1/s1. The Morgan fingerprint density at radius 3 is 3.00 bits per heavy atom. The summed E-state index contributed by atoms with van der Waals surface area (Å²) in [5.74, 6) is 0.354. The number of guanidine groups is 1. The second-order valence-electron chi connectivity index (χ2n) is 5.38. The summed E-state index contributed by atoms with van der Waals surface area (Å²) in [5, 5.41) is 17.2. The average Bonchev–Trinajstić information content (AvgIpc) is 2.78. The maximum Gasteiger partial charge on any atom is 0.272 e. The summed E-state index contributed by atoms with van der Waals surface area (Å²) >= 11 is 5.79. The number of pyridine rings is 1. The highest BCUT2D eigenvalue weighted by Crippen LogP contribution is 2.29. The number of nitro groups is 1. The van der Waals surface area contributed by atoms with E-state index in [1.807, 2.05) is 11.0 Å². The van der Waals surface area contributed by atoms with Gasteiger partial charge in [0.25, 0.3) is 5.96 Å². The third kappa shape index (κ3) is 3.07. The molecule has 1 aliphatic heterocycles. The fourth-order valence-electron chi connectivity index (χ4n) is 3.11. The van der Waals surface area contributed by atoms with E-state index in [0.29, 0.717) is 17.7 Å². The number of hydrazone groups is 1. The maximum absolute atomic E-state index is 10.7.